The first-order valence-electron chi connectivity index (χ1n) is 9.33. The van der Waals surface area contributed by atoms with E-state index in [0.29, 0.717) is 6.54 Å². The number of benzene rings is 1. The Kier molecular flexibility index (Phi) is 5.07. The van der Waals surface area contributed by atoms with Crippen LogP contribution in [0.5, 0.6) is 5.75 Å². The topological polar surface area (TPSA) is 55.3 Å². The molecule has 0 N–H and O–H groups in total. The Morgan fingerprint density at radius 3 is 2.78 bits per heavy atom. The lowest BCUT2D eigenvalue weighted by atomic mass is 10.1. The van der Waals surface area contributed by atoms with E-state index in [0.717, 1.165) is 58.0 Å². The molecule has 2 heterocycles. The number of carbonyl (C=O) groups is 1. The van der Waals surface area contributed by atoms with E-state index in [2.05, 4.69) is 11.9 Å². The van der Waals surface area contributed by atoms with E-state index in [4.69, 9.17) is 9.72 Å². The summed E-state index contributed by atoms with van der Waals surface area (Å²) in [6.45, 7) is 2.50. The Balaban J connectivity index is 1.76. The van der Waals surface area contributed by atoms with Crippen LogP contribution in [0.15, 0.2) is 36.5 Å². The Morgan fingerprint density at radius 2 is 2.07 bits per heavy atom. The number of methoxy groups -OCH3 is 1. The first-order valence-corrected chi connectivity index (χ1v) is 10.1. The zero-order valence-electron chi connectivity index (χ0n) is 15.6. The number of hydrogen-bond donors (Lipinski definition) is 0. The lowest BCUT2D eigenvalue weighted by Crippen LogP contribution is -2.35. The number of aromatic nitrogens is 2. The van der Waals surface area contributed by atoms with Gasteiger partial charge in [-0.15, -0.1) is 0 Å². The molecule has 0 radical (unpaired) electrons. The van der Waals surface area contributed by atoms with Gasteiger partial charge in [-0.3, -0.25) is 14.7 Å². The zero-order chi connectivity index (χ0) is 18.8. The molecule has 0 atom stereocenters. The largest absolute Gasteiger partial charge is 0.494 e. The first kappa shape index (κ1) is 17.9. The Bertz CT molecular complexity index is 949. The van der Waals surface area contributed by atoms with Crippen LogP contribution in [0.25, 0.3) is 10.2 Å². The predicted molar refractivity (Wildman–Crippen MR) is 108 cm³/mol. The van der Waals surface area contributed by atoms with Crippen LogP contribution >= 0.6 is 11.3 Å². The molecule has 6 heteroatoms. The number of hydrogen-bond acceptors (Lipinski definition) is 5. The Hall–Kier alpha value is -2.47. The maximum absolute atomic E-state index is 13.3. The van der Waals surface area contributed by atoms with Crippen molar-refractivity contribution in [3.05, 3.63) is 47.8 Å². The van der Waals surface area contributed by atoms with Crippen LogP contribution in [-0.4, -0.2) is 23.0 Å². The molecule has 27 heavy (non-hydrogen) atoms. The molecule has 3 aromatic rings. The van der Waals surface area contributed by atoms with Gasteiger partial charge in [0.25, 0.3) is 0 Å². The highest BCUT2D eigenvalue weighted by atomic mass is 32.1. The van der Waals surface area contributed by atoms with Crippen molar-refractivity contribution in [3.63, 3.8) is 0 Å². The fourth-order valence-electron chi connectivity index (χ4n) is 3.67. The van der Waals surface area contributed by atoms with Gasteiger partial charge in [-0.05, 0) is 43.5 Å². The normalized spacial score (nSPS) is 14.6. The van der Waals surface area contributed by atoms with Crippen molar-refractivity contribution in [2.75, 3.05) is 12.0 Å². The third-order valence-corrected chi connectivity index (χ3v) is 6.37. The number of aryl methyl sites for hydroxylation is 1. The smallest absolute Gasteiger partial charge is 0.232 e. The van der Waals surface area contributed by atoms with Gasteiger partial charge in [0, 0.05) is 12.1 Å². The second kappa shape index (κ2) is 7.64. The van der Waals surface area contributed by atoms with E-state index in [-0.39, 0.29) is 11.8 Å². The monoisotopic (exact) mass is 381 g/mol. The second-order valence-electron chi connectivity index (χ2n) is 6.99. The summed E-state index contributed by atoms with van der Waals surface area (Å²) in [5.41, 5.74) is 2.83. The van der Waals surface area contributed by atoms with Crippen molar-refractivity contribution in [1.82, 2.24) is 9.97 Å². The van der Waals surface area contributed by atoms with Crippen molar-refractivity contribution in [3.8, 4) is 5.75 Å². The number of nitrogens with zero attached hydrogens (tertiary/aromatic N) is 3. The van der Waals surface area contributed by atoms with Crippen LogP contribution in [0.4, 0.5) is 5.13 Å². The number of ether oxygens (including phenoxy) is 1. The van der Waals surface area contributed by atoms with Gasteiger partial charge in [-0.25, -0.2) is 4.98 Å². The number of carbonyl (C=O) groups excluding carboxylic acids is 1. The fraction of sp³-hybridized carbons (Fsp3) is 0.381. The van der Waals surface area contributed by atoms with Crippen LogP contribution < -0.4 is 9.64 Å². The van der Waals surface area contributed by atoms with Crippen molar-refractivity contribution in [1.29, 1.82) is 0 Å². The molecular weight excluding hydrogens is 358 g/mol. The first-order chi connectivity index (χ1) is 13.2. The summed E-state index contributed by atoms with van der Waals surface area (Å²) in [6.07, 6.45) is 5.94. The minimum Gasteiger partial charge on any atom is -0.494 e. The van der Waals surface area contributed by atoms with Crippen molar-refractivity contribution >= 4 is 32.6 Å². The predicted octanol–water partition coefficient (Wildman–Crippen LogP) is 4.73. The number of anilines is 1. The highest BCUT2D eigenvalue weighted by Crippen LogP contribution is 2.38. The Morgan fingerprint density at radius 1 is 1.26 bits per heavy atom. The van der Waals surface area contributed by atoms with E-state index in [1.54, 1.807) is 24.6 Å². The molecule has 2 aromatic heterocycles. The van der Waals surface area contributed by atoms with Gasteiger partial charge in [0.05, 0.1) is 24.0 Å². The standard InChI is InChI=1S/C21H23N3O2S/c1-14-10-11-17(26-2)18-19(14)27-21(23-18)24(13-16-9-5-6-12-22-16)20(25)15-7-3-4-8-15/h5-6,9-12,15H,3-4,7-8,13H2,1-2H3. The quantitative estimate of drug-likeness (QED) is 0.641. The lowest BCUT2D eigenvalue weighted by Gasteiger charge is -2.22. The highest BCUT2D eigenvalue weighted by Gasteiger charge is 2.30. The van der Waals surface area contributed by atoms with Crippen LogP contribution in [0, 0.1) is 12.8 Å². The third-order valence-electron chi connectivity index (χ3n) is 5.16. The molecule has 1 amide bonds. The van der Waals surface area contributed by atoms with E-state index in [1.165, 1.54) is 0 Å². The zero-order valence-corrected chi connectivity index (χ0v) is 16.5. The van der Waals surface area contributed by atoms with Gasteiger partial charge in [-0.1, -0.05) is 36.3 Å². The molecule has 4 rings (SSSR count). The maximum atomic E-state index is 13.3. The number of thiazole rings is 1. The molecule has 0 saturated heterocycles. The summed E-state index contributed by atoms with van der Waals surface area (Å²) in [7, 11) is 1.65. The molecule has 140 valence electrons. The van der Waals surface area contributed by atoms with E-state index in [9.17, 15) is 4.79 Å². The summed E-state index contributed by atoms with van der Waals surface area (Å²) in [5.74, 6) is 0.988. The van der Waals surface area contributed by atoms with E-state index >= 15 is 0 Å². The fourth-order valence-corrected chi connectivity index (χ4v) is 4.72. The van der Waals surface area contributed by atoms with Gasteiger partial charge >= 0.3 is 0 Å². The Labute approximate surface area is 163 Å². The molecule has 1 saturated carbocycles. The van der Waals surface area contributed by atoms with Crippen LogP contribution in [0.2, 0.25) is 0 Å². The average Bonchev–Trinajstić information content (AvgIpc) is 3.37. The highest BCUT2D eigenvalue weighted by molar-refractivity contribution is 7.22. The van der Waals surface area contributed by atoms with E-state index < -0.39 is 0 Å². The van der Waals surface area contributed by atoms with Crippen molar-refractivity contribution in [2.24, 2.45) is 5.92 Å². The van der Waals surface area contributed by atoms with Gasteiger partial charge in [0.2, 0.25) is 5.91 Å². The molecule has 1 aromatic carbocycles. The molecule has 0 spiro atoms. The summed E-state index contributed by atoms with van der Waals surface area (Å²) in [6, 6.07) is 9.76. The number of rotatable bonds is 5. The van der Waals surface area contributed by atoms with Gasteiger partial charge < -0.3 is 4.74 Å². The summed E-state index contributed by atoms with van der Waals surface area (Å²) in [4.78, 5) is 24.3. The van der Waals surface area contributed by atoms with Crippen molar-refractivity contribution in [2.45, 2.75) is 39.2 Å². The third kappa shape index (κ3) is 3.54. The molecule has 1 fully saturated rings. The lowest BCUT2D eigenvalue weighted by molar-refractivity contribution is -0.122. The molecular formula is C21H23N3O2S. The average molecular weight is 382 g/mol. The minimum atomic E-state index is 0.0868. The van der Waals surface area contributed by atoms with Crippen LogP contribution in [0.3, 0.4) is 0 Å². The molecule has 5 nitrogen and oxygen atoms in total. The van der Waals surface area contributed by atoms with Crippen LogP contribution in [0.1, 0.15) is 36.9 Å². The minimum absolute atomic E-state index is 0.0868. The summed E-state index contributed by atoms with van der Waals surface area (Å²) >= 11 is 1.55. The van der Waals surface area contributed by atoms with Gasteiger partial charge in [0.1, 0.15) is 11.3 Å². The van der Waals surface area contributed by atoms with Gasteiger partial charge in [-0.2, -0.15) is 0 Å². The molecule has 0 unspecified atom stereocenters. The number of pyridine rings is 1. The number of amides is 1. The molecule has 0 bridgehead atoms. The maximum Gasteiger partial charge on any atom is 0.232 e. The SMILES string of the molecule is COc1ccc(C)c2sc(N(Cc3ccccn3)C(=O)C3CCCC3)nc12. The molecule has 1 aliphatic rings. The van der Waals surface area contributed by atoms with Gasteiger partial charge in [0.15, 0.2) is 5.13 Å². The summed E-state index contributed by atoms with van der Waals surface area (Å²) in [5, 5.41) is 0.722. The van der Waals surface area contributed by atoms with E-state index in [1.807, 2.05) is 35.2 Å². The molecule has 1 aliphatic carbocycles. The number of fused-ring (bicyclic) bond motifs is 1. The summed E-state index contributed by atoms with van der Waals surface area (Å²) < 4.78 is 6.55. The second-order valence-corrected chi connectivity index (χ2v) is 7.96. The van der Waals surface area contributed by atoms with Crippen molar-refractivity contribution < 1.29 is 9.53 Å². The van der Waals surface area contributed by atoms with Crippen LogP contribution in [-0.2, 0) is 11.3 Å². The molecule has 0 aliphatic heterocycles.